The van der Waals surface area contributed by atoms with Gasteiger partial charge in [-0.3, -0.25) is 9.59 Å². The molecular formula is C21H14Cl2N2O2S. The van der Waals surface area contributed by atoms with Gasteiger partial charge in [0.15, 0.2) is 0 Å². The maximum Gasteiger partial charge on any atom is 0.282 e. The second-order valence-corrected chi connectivity index (χ2v) is 7.97. The summed E-state index contributed by atoms with van der Waals surface area (Å²) in [6.07, 6.45) is 0. The van der Waals surface area contributed by atoms with Crippen molar-refractivity contribution in [3.8, 4) is 0 Å². The molecule has 0 spiro atoms. The average molecular weight is 429 g/mol. The molecule has 3 aromatic rings. The van der Waals surface area contributed by atoms with Gasteiger partial charge in [-0.15, -0.1) is 11.3 Å². The summed E-state index contributed by atoms with van der Waals surface area (Å²) in [4.78, 5) is 28.3. The molecule has 2 amide bonds. The van der Waals surface area contributed by atoms with Crippen molar-refractivity contribution in [2.24, 2.45) is 0 Å². The van der Waals surface area contributed by atoms with Gasteiger partial charge < -0.3 is 5.32 Å². The van der Waals surface area contributed by atoms with Crippen LogP contribution < -0.4 is 10.2 Å². The number of aryl methyl sites for hydroxylation is 1. The largest absolute Gasteiger partial charge is 0.350 e. The van der Waals surface area contributed by atoms with E-state index in [1.807, 2.05) is 48.7 Å². The van der Waals surface area contributed by atoms with Crippen molar-refractivity contribution in [2.45, 2.75) is 6.92 Å². The highest BCUT2D eigenvalue weighted by molar-refractivity contribution is 7.11. The van der Waals surface area contributed by atoms with Gasteiger partial charge in [0.25, 0.3) is 11.8 Å². The van der Waals surface area contributed by atoms with Crippen LogP contribution in [0.3, 0.4) is 0 Å². The Morgan fingerprint density at radius 2 is 1.68 bits per heavy atom. The molecule has 0 unspecified atom stereocenters. The van der Waals surface area contributed by atoms with Crippen molar-refractivity contribution < 1.29 is 9.59 Å². The molecule has 2 aromatic carbocycles. The van der Waals surface area contributed by atoms with E-state index in [-0.39, 0.29) is 21.4 Å². The van der Waals surface area contributed by atoms with Gasteiger partial charge in [-0.05, 0) is 42.6 Å². The van der Waals surface area contributed by atoms with Gasteiger partial charge in [-0.1, -0.05) is 53.0 Å². The zero-order valence-electron chi connectivity index (χ0n) is 14.7. The molecule has 4 nitrogen and oxygen atoms in total. The molecule has 0 saturated heterocycles. The van der Waals surface area contributed by atoms with E-state index in [2.05, 4.69) is 5.32 Å². The third-order valence-corrected chi connectivity index (χ3v) is 6.04. The van der Waals surface area contributed by atoms with Crippen molar-refractivity contribution in [3.05, 3.63) is 86.2 Å². The average Bonchev–Trinajstić information content (AvgIpc) is 3.27. The number of thiophene rings is 1. The summed E-state index contributed by atoms with van der Waals surface area (Å²) in [7, 11) is 0. The number of nitrogens with zero attached hydrogens (tertiary/aromatic N) is 1. The van der Waals surface area contributed by atoms with E-state index < -0.39 is 11.8 Å². The number of carbonyl (C=O) groups excluding carboxylic acids is 2. The standard InChI is InChI=1S/C21H14Cl2N2O2S/c1-12-7-9-13(10-8-12)24-19-17(16-6-3-11-28-16)20(26)25(21(19)27)15-5-2-4-14(22)18(15)23/h2-11,24H,1H3. The molecule has 2 heterocycles. The zero-order valence-corrected chi connectivity index (χ0v) is 17.0. The van der Waals surface area contributed by atoms with Gasteiger partial charge in [0.2, 0.25) is 0 Å². The number of hydrogen-bond donors (Lipinski definition) is 1. The maximum atomic E-state index is 13.2. The lowest BCUT2D eigenvalue weighted by Gasteiger charge is -2.17. The zero-order chi connectivity index (χ0) is 19.8. The van der Waals surface area contributed by atoms with Crippen LogP contribution in [0.2, 0.25) is 10.0 Å². The van der Waals surface area contributed by atoms with Crippen LogP contribution in [-0.2, 0) is 9.59 Å². The molecule has 1 aliphatic heterocycles. The second kappa shape index (κ2) is 7.43. The maximum absolute atomic E-state index is 13.2. The Hall–Kier alpha value is -2.60. The fraction of sp³-hybridized carbons (Fsp3) is 0.0476. The van der Waals surface area contributed by atoms with Gasteiger partial charge >= 0.3 is 0 Å². The lowest BCUT2D eigenvalue weighted by molar-refractivity contribution is -0.120. The normalized spacial score (nSPS) is 14.2. The molecule has 7 heteroatoms. The number of amides is 2. The minimum atomic E-state index is -0.474. The van der Waals surface area contributed by atoms with Crippen LogP contribution in [-0.4, -0.2) is 11.8 Å². The van der Waals surface area contributed by atoms with Crippen LogP contribution in [0.4, 0.5) is 11.4 Å². The minimum Gasteiger partial charge on any atom is -0.350 e. The number of benzene rings is 2. The number of imide groups is 1. The van der Waals surface area contributed by atoms with Crippen LogP contribution >= 0.6 is 34.5 Å². The SMILES string of the molecule is Cc1ccc(NC2=C(c3cccs3)C(=O)N(c3cccc(Cl)c3Cl)C2=O)cc1. The van der Waals surface area contributed by atoms with Crippen LogP contribution in [0.15, 0.2) is 65.7 Å². The highest BCUT2D eigenvalue weighted by atomic mass is 35.5. The quantitative estimate of drug-likeness (QED) is 0.537. The van der Waals surface area contributed by atoms with Gasteiger partial charge in [0.1, 0.15) is 5.70 Å². The first-order valence-corrected chi connectivity index (χ1v) is 10.1. The molecule has 1 aliphatic rings. The highest BCUT2D eigenvalue weighted by Crippen LogP contribution is 2.40. The molecule has 28 heavy (non-hydrogen) atoms. The van der Waals surface area contributed by atoms with Crippen molar-refractivity contribution in [1.82, 2.24) is 0 Å². The molecule has 0 atom stereocenters. The molecule has 4 rings (SSSR count). The van der Waals surface area contributed by atoms with Gasteiger partial charge in [0.05, 0.1) is 21.3 Å². The van der Waals surface area contributed by atoms with Crippen molar-refractivity contribution >= 4 is 63.3 Å². The molecule has 0 bridgehead atoms. The molecular weight excluding hydrogens is 415 g/mol. The van der Waals surface area contributed by atoms with Gasteiger partial charge in [0, 0.05) is 10.6 Å². The number of rotatable bonds is 4. The van der Waals surface area contributed by atoms with E-state index in [9.17, 15) is 9.59 Å². The van der Waals surface area contributed by atoms with Crippen molar-refractivity contribution in [2.75, 3.05) is 10.2 Å². The Balaban J connectivity index is 1.82. The molecule has 0 radical (unpaired) electrons. The van der Waals surface area contributed by atoms with Crippen LogP contribution in [0.25, 0.3) is 5.57 Å². The Morgan fingerprint density at radius 1 is 0.929 bits per heavy atom. The molecule has 0 saturated carbocycles. The van der Waals surface area contributed by atoms with E-state index in [4.69, 9.17) is 23.2 Å². The van der Waals surface area contributed by atoms with Gasteiger partial charge in [-0.25, -0.2) is 4.90 Å². The number of halogens is 2. The summed E-state index contributed by atoms with van der Waals surface area (Å²) in [6.45, 7) is 1.98. The van der Waals surface area contributed by atoms with Crippen LogP contribution in [0.1, 0.15) is 10.4 Å². The topological polar surface area (TPSA) is 49.4 Å². The lowest BCUT2D eigenvalue weighted by Crippen LogP contribution is -2.32. The summed E-state index contributed by atoms with van der Waals surface area (Å²) in [5, 5.41) is 5.41. The first-order chi connectivity index (χ1) is 13.5. The van der Waals surface area contributed by atoms with E-state index in [1.165, 1.54) is 11.3 Å². The van der Waals surface area contributed by atoms with Crippen molar-refractivity contribution in [3.63, 3.8) is 0 Å². The minimum absolute atomic E-state index is 0.160. The Labute approximate surface area is 176 Å². The Morgan fingerprint density at radius 3 is 2.36 bits per heavy atom. The number of carbonyl (C=O) groups is 2. The first kappa shape index (κ1) is 18.7. The Kier molecular flexibility index (Phi) is 4.98. The summed E-state index contributed by atoms with van der Waals surface area (Å²) < 4.78 is 0. The predicted octanol–water partition coefficient (Wildman–Crippen LogP) is 5.76. The van der Waals surface area contributed by atoms with E-state index >= 15 is 0 Å². The lowest BCUT2D eigenvalue weighted by atomic mass is 10.1. The van der Waals surface area contributed by atoms with E-state index in [0.29, 0.717) is 10.5 Å². The Bertz CT molecular complexity index is 1110. The van der Waals surface area contributed by atoms with E-state index in [1.54, 1.807) is 18.2 Å². The summed E-state index contributed by atoms with van der Waals surface area (Å²) >= 11 is 13.8. The predicted molar refractivity (Wildman–Crippen MR) is 115 cm³/mol. The summed E-state index contributed by atoms with van der Waals surface area (Å²) in [6, 6.07) is 16.1. The summed E-state index contributed by atoms with van der Waals surface area (Å²) in [5.74, 6) is -0.913. The van der Waals surface area contributed by atoms with Crippen LogP contribution in [0, 0.1) is 6.92 Å². The molecule has 1 N–H and O–H groups in total. The number of anilines is 2. The van der Waals surface area contributed by atoms with E-state index in [0.717, 1.165) is 16.2 Å². The number of nitrogens with one attached hydrogen (secondary N) is 1. The summed E-state index contributed by atoms with van der Waals surface area (Å²) in [5.41, 5.74) is 2.61. The smallest absolute Gasteiger partial charge is 0.282 e. The highest BCUT2D eigenvalue weighted by Gasteiger charge is 2.41. The first-order valence-electron chi connectivity index (χ1n) is 8.42. The van der Waals surface area contributed by atoms with Crippen LogP contribution in [0.5, 0.6) is 0 Å². The third kappa shape index (κ3) is 3.22. The fourth-order valence-electron chi connectivity index (χ4n) is 2.96. The number of hydrogen-bond acceptors (Lipinski definition) is 4. The second-order valence-electron chi connectivity index (χ2n) is 6.24. The molecule has 0 aliphatic carbocycles. The third-order valence-electron chi connectivity index (χ3n) is 4.34. The monoisotopic (exact) mass is 428 g/mol. The molecule has 1 aromatic heterocycles. The molecule has 140 valence electrons. The van der Waals surface area contributed by atoms with Gasteiger partial charge in [-0.2, -0.15) is 0 Å². The fourth-order valence-corrected chi connectivity index (χ4v) is 4.11. The van der Waals surface area contributed by atoms with Crippen molar-refractivity contribution in [1.29, 1.82) is 0 Å². The molecule has 0 fully saturated rings.